The van der Waals surface area contributed by atoms with E-state index in [0.29, 0.717) is 31.1 Å². The predicted molar refractivity (Wildman–Crippen MR) is 67.0 cm³/mol. The van der Waals surface area contributed by atoms with E-state index in [9.17, 15) is 13.5 Å². The van der Waals surface area contributed by atoms with Crippen LogP contribution in [0.3, 0.4) is 0 Å². The zero-order valence-corrected chi connectivity index (χ0v) is 11.7. The standard InChI is InChI=1S/C10H16N2O4S2/c1-8-11-6-9(17-8)18(14,15)12-7-10(13)2-4-16-5-3-10/h6,12-13H,2-5,7H2,1H3. The number of hydrogen-bond donors (Lipinski definition) is 2. The number of rotatable bonds is 4. The summed E-state index contributed by atoms with van der Waals surface area (Å²) in [6, 6.07) is 0. The van der Waals surface area contributed by atoms with Crippen LogP contribution in [0.25, 0.3) is 0 Å². The molecule has 0 radical (unpaired) electrons. The largest absolute Gasteiger partial charge is 0.388 e. The van der Waals surface area contributed by atoms with Crippen molar-refractivity contribution < 1.29 is 18.3 Å². The molecule has 2 rings (SSSR count). The van der Waals surface area contributed by atoms with Crippen LogP contribution in [0, 0.1) is 6.92 Å². The highest BCUT2D eigenvalue weighted by molar-refractivity contribution is 7.91. The van der Waals surface area contributed by atoms with Gasteiger partial charge in [-0.15, -0.1) is 11.3 Å². The summed E-state index contributed by atoms with van der Waals surface area (Å²) in [5, 5.41) is 10.9. The molecule has 2 heterocycles. The van der Waals surface area contributed by atoms with Gasteiger partial charge in [0.2, 0.25) is 0 Å². The summed E-state index contributed by atoms with van der Waals surface area (Å²) in [6.07, 6.45) is 2.21. The zero-order valence-electron chi connectivity index (χ0n) is 10.0. The Kier molecular flexibility index (Phi) is 4.02. The van der Waals surface area contributed by atoms with Gasteiger partial charge in [0, 0.05) is 32.6 Å². The summed E-state index contributed by atoms with van der Waals surface area (Å²) in [7, 11) is -3.57. The summed E-state index contributed by atoms with van der Waals surface area (Å²) in [4.78, 5) is 3.91. The minimum absolute atomic E-state index is 0.00956. The van der Waals surface area contributed by atoms with E-state index in [1.807, 2.05) is 0 Å². The van der Waals surface area contributed by atoms with Gasteiger partial charge in [-0.1, -0.05) is 0 Å². The average Bonchev–Trinajstić information content (AvgIpc) is 2.76. The fraction of sp³-hybridized carbons (Fsp3) is 0.700. The molecule has 1 fully saturated rings. The molecule has 0 atom stereocenters. The van der Waals surface area contributed by atoms with Gasteiger partial charge in [-0.25, -0.2) is 18.1 Å². The normalized spacial score (nSPS) is 19.9. The van der Waals surface area contributed by atoms with Gasteiger partial charge in [-0.05, 0) is 6.92 Å². The Labute approximate surface area is 110 Å². The first kappa shape index (κ1) is 13.9. The molecule has 0 spiro atoms. The molecule has 0 unspecified atom stereocenters. The van der Waals surface area contributed by atoms with Crippen molar-refractivity contribution in [3.05, 3.63) is 11.2 Å². The molecule has 1 aromatic heterocycles. The minimum Gasteiger partial charge on any atom is -0.388 e. The van der Waals surface area contributed by atoms with Crippen LogP contribution in [0.4, 0.5) is 0 Å². The lowest BCUT2D eigenvalue weighted by molar-refractivity contribution is -0.0588. The molecule has 1 aliphatic rings. The fourth-order valence-corrected chi connectivity index (χ4v) is 3.97. The summed E-state index contributed by atoms with van der Waals surface area (Å²) < 4.78 is 31.6. The zero-order chi connectivity index (χ0) is 13.2. The molecule has 0 aliphatic carbocycles. The minimum atomic E-state index is -3.57. The summed E-state index contributed by atoms with van der Waals surface area (Å²) >= 11 is 1.11. The van der Waals surface area contributed by atoms with E-state index in [-0.39, 0.29) is 10.8 Å². The molecular weight excluding hydrogens is 276 g/mol. The van der Waals surface area contributed by atoms with E-state index in [2.05, 4.69) is 9.71 Å². The van der Waals surface area contributed by atoms with E-state index in [4.69, 9.17) is 4.74 Å². The molecule has 18 heavy (non-hydrogen) atoms. The van der Waals surface area contributed by atoms with Crippen molar-refractivity contribution in [3.8, 4) is 0 Å². The molecule has 6 nitrogen and oxygen atoms in total. The SMILES string of the molecule is Cc1ncc(S(=O)(=O)NCC2(O)CCOCC2)s1. The molecule has 0 saturated carbocycles. The van der Waals surface area contributed by atoms with E-state index >= 15 is 0 Å². The van der Waals surface area contributed by atoms with Crippen molar-refractivity contribution in [1.82, 2.24) is 9.71 Å². The Hall–Kier alpha value is -0.540. The van der Waals surface area contributed by atoms with Crippen molar-refractivity contribution in [2.75, 3.05) is 19.8 Å². The topological polar surface area (TPSA) is 88.5 Å². The number of thiazole rings is 1. The Morgan fingerprint density at radius 2 is 2.22 bits per heavy atom. The molecule has 0 bridgehead atoms. The Balaban J connectivity index is 2.01. The average molecular weight is 292 g/mol. The van der Waals surface area contributed by atoms with Crippen molar-refractivity contribution in [2.45, 2.75) is 29.6 Å². The highest BCUT2D eigenvalue weighted by Crippen LogP contribution is 2.22. The molecule has 1 aromatic rings. The van der Waals surface area contributed by atoms with Gasteiger partial charge in [0.25, 0.3) is 10.0 Å². The second kappa shape index (κ2) is 5.22. The lowest BCUT2D eigenvalue weighted by atomic mass is 9.95. The number of ether oxygens (including phenoxy) is 1. The number of aromatic nitrogens is 1. The molecule has 0 amide bonds. The fourth-order valence-electron chi connectivity index (χ4n) is 1.69. The van der Waals surface area contributed by atoms with Crippen molar-refractivity contribution in [3.63, 3.8) is 0 Å². The van der Waals surface area contributed by atoms with E-state index in [1.54, 1.807) is 6.92 Å². The second-order valence-electron chi connectivity index (χ2n) is 4.36. The van der Waals surface area contributed by atoms with Crippen molar-refractivity contribution in [2.24, 2.45) is 0 Å². The molecule has 1 saturated heterocycles. The van der Waals surface area contributed by atoms with Gasteiger partial charge >= 0.3 is 0 Å². The van der Waals surface area contributed by atoms with Gasteiger partial charge in [-0.3, -0.25) is 0 Å². The van der Waals surface area contributed by atoms with Gasteiger partial charge < -0.3 is 9.84 Å². The van der Waals surface area contributed by atoms with E-state index in [0.717, 1.165) is 11.3 Å². The Morgan fingerprint density at radius 1 is 1.56 bits per heavy atom. The number of nitrogens with zero attached hydrogens (tertiary/aromatic N) is 1. The monoisotopic (exact) mass is 292 g/mol. The molecule has 102 valence electrons. The summed E-state index contributed by atoms with van der Waals surface area (Å²) in [5.41, 5.74) is -1.01. The van der Waals surface area contributed by atoms with Crippen molar-refractivity contribution in [1.29, 1.82) is 0 Å². The lowest BCUT2D eigenvalue weighted by Gasteiger charge is -2.31. The highest BCUT2D eigenvalue weighted by atomic mass is 32.2. The maximum absolute atomic E-state index is 11.9. The smallest absolute Gasteiger partial charge is 0.251 e. The van der Waals surface area contributed by atoms with Crippen LogP contribution in [-0.2, 0) is 14.8 Å². The maximum atomic E-state index is 11.9. The molecule has 2 N–H and O–H groups in total. The van der Waals surface area contributed by atoms with Gasteiger partial charge in [0.1, 0.15) is 0 Å². The predicted octanol–water partition coefficient (Wildman–Crippen LogP) is 0.271. The molecule has 1 aliphatic heterocycles. The Bertz CT molecular complexity index is 506. The molecule has 0 aromatic carbocycles. The number of hydrogen-bond acceptors (Lipinski definition) is 6. The van der Waals surface area contributed by atoms with E-state index in [1.165, 1.54) is 6.20 Å². The quantitative estimate of drug-likeness (QED) is 0.831. The molecular formula is C10H16N2O4S2. The second-order valence-corrected chi connectivity index (χ2v) is 7.59. The van der Waals surface area contributed by atoms with Crippen LogP contribution < -0.4 is 4.72 Å². The van der Waals surface area contributed by atoms with Gasteiger partial charge in [0.15, 0.2) is 4.21 Å². The first-order valence-corrected chi connectivity index (χ1v) is 7.94. The first-order valence-electron chi connectivity index (χ1n) is 5.64. The summed E-state index contributed by atoms with van der Waals surface area (Å²) in [5.74, 6) is 0. The molecule has 8 heteroatoms. The van der Waals surface area contributed by atoms with Crippen LogP contribution in [0.5, 0.6) is 0 Å². The first-order chi connectivity index (χ1) is 8.41. The van der Waals surface area contributed by atoms with Crippen LogP contribution >= 0.6 is 11.3 Å². The van der Waals surface area contributed by atoms with E-state index < -0.39 is 15.6 Å². The van der Waals surface area contributed by atoms with Crippen molar-refractivity contribution >= 4 is 21.4 Å². The third-order valence-electron chi connectivity index (χ3n) is 2.88. The maximum Gasteiger partial charge on any atom is 0.251 e. The number of aliphatic hydroxyl groups is 1. The lowest BCUT2D eigenvalue weighted by Crippen LogP contribution is -2.46. The third-order valence-corrected chi connectivity index (χ3v) is 5.65. The van der Waals surface area contributed by atoms with Gasteiger partial charge in [0.05, 0.1) is 16.8 Å². The van der Waals surface area contributed by atoms with Gasteiger partial charge in [-0.2, -0.15) is 0 Å². The van der Waals surface area contributed by atoms with Crippen LogP contribution in [0.1, 0.15) is 17.8 Å². The summed E-state index contributed by atoms with van der Waals surface area (Å²) in [6.45, 7) is 2.67. The van der Waals surface area contributed by atoms with Crippen LogP contribution in [-0.4, -0.2) is 43.9 Å². The number of sulfonamides is 1. The Morgan fingerprint density at radius 3 is 2.78 bits per heavy atom. The third kappa shape index (κ3) is 3.27. The number of nitrogens with one attached hydrogen (secondary N) is 1. The van der Waals surface area contributed by atoms with Crippen LogP contribution in [0.2, 0.25) is 0 Å². The highest BCUT2D eigenvalue weighted by Gasteiger charge is 2.31. The number of aryl methyl sites for hydroxylation is 1. The van der Waals surface area contributed by atoms with Crippen LogP contribution in [0.15, 0.2) is 10.4 Å².